The molecule has 1 aliphatic carbocycles. The van der Waals surface area contributed by atoms with Crippen molar-refractivity contribution >= 4 is 0 Å². The van der Waals surface area contributed by atoms with E-state index >= 15 is 0 Å². The summed E-state index contributed by atoms with van der Waals surface area (Å²) >= 11 is 0. The third-order valence-electron chi connectivity index (χ3n) is 3.08. The summed E-state index contributed by atoms with van der Waals surface area (Å²) in [5.74, 6) is 0. The molecule has 1 saturated carbocycles. The Kier molecular flexibility index (Phi) is 5.49. The van der Waals surface area contributed by atoms with Gasteiger partial charge in [0.2, 0.25) is 0 Å². The Hall–Kier alpha value is -0.0800. The highest BCUT2D eigenvalue weighted by Crippen LogP contribution is 2.26. The van der Waals surface area contributed by atoms with Gasteiger partial charge in [-0.2, -0.15) is 0 Å². The first-order valence-corrected chi connectivity index (χ1v) is 6.25. The van der Waals surface area contributed by atoms with Crippen LogP contribution in [0.3, 0.4) is 0 Å². The molecule has 0 bridgehead atoms. The highest BCUT2D eigenvalue weighted by atomic mass is 15.2. The maximum Gasteiger partial charge on any atom is 0.0110 e. The third-order valence-corrected chi connectivity index (χ3v) is 3.08. The Balaban J connectivity index is 2.07. The summed E-state index contributed by atoms with van der Waals surface area (Å²) < 4.78 is 0. The number of hydrogen-bond acceptors (Lipinski definition) is 2. The van der Waals surface area contributed by atoms with Crippen LogP contribution in [0.15, 0.2) is 0 Å². The number of hydrogen-bond donors (Lipinski definition) is 1. The van der Waals surface area contributed by atoms with Crippen LogP contribution in [-0.2, 0) is 0 Å². The quantitative estimate of drug-likeness (QED) is 0.643. The largest absolute Gasteiger partial charge is 0.313 e. The van der Waals surface area contributed by atoms with Gasteiger partial charge in [0, 0.05) is 25.2 Å². The van der Waals surface area contributed by atoms with Crippen LogP contribution in [-0.4, -0.2) is 36.6 Å². The second-order valence-corrected chi connectivity index (χ2v) is 4.53. The zero-order chi connectivity index (χ0) is 10.4. The maximum atomic E-state index is 3.56. The average Bonchev–Trinajstić information content (AvgIpc) is 2.99. The van der Waals surface area contributed by atoms with Crippen LogP contribution in [0.2, 0.25) is 0 Å². The van der Waals surface area contributed by atoms with E-state index in [4.69, 9.17) is 0 Å². The second-order valence-electron chi connectivity index (χ2n) is 4.53. The minimum absolute atomic E-state index is 0.678. The van der Waals surface area contributed by atoms with E-state index in [0.717, 1.165) is 12.6 Å². The van der Waals surface area contributed by atoms with E-state index < -0.39 is 0 Å². The normalized spacial score (nSPS) is 18.9. The van der Waals surface area contributed by atoms with E-state index in [9.17, 15) is 0 Å². The van der Waals surface area contributed by atoms with Gasteiger partial charge in [-0.3, -0.25) is 4.90 Å². The van der Waals surface area contributed by atoms with Crippen LogP contribution < -0.4 is 5.32 Å². The molecule has 1 unspecified atom stereocenters. The molecule has 0 aliphatic heterocycles. The van der Waals surface area contributed by atoms with Gasteiger partial charge in [-0.05, 0) is 39.2 Å². The van der Waals surface area contributed by atoms with Crippen molar-refractivity contribution < 1.29 is 0 Å². The molecule has 1 fully saturated rings. The van der Waals surface area contributed by atoms with Gasteiger partial charge in [-0.15, -0.1) is 0 Å². The zero-order valence-corrected chi connectivity index (χ0v) is 10.1. The molecule has 0 spiro atoms. The van der Waals surface area contributed by atoms with Crippen molar-refractivity contribution in [3.63, 3.8) is 0 Å². The fourth-order valence-corrected chi connectivity index (χ4v) is 1.80. The molecule has 1 N–H and O–H groups in total. The molecule has 0 heterocycles. The van der Waals surface area contributed by atoms with Crippen LogP contribution in [0, 0.1) is 0 Å². The molecule has 1 atom stereocenters. The molecule has 2 nitrogen and oxygen atoms in total. The summed E-state index contributed by atoms with van der Waals surface area (Å²) in [6.45, 7) is 10.5. The number of nitrogens with zero attached hydrogens (tertiary/aromatic N) is 1. The first-order valence-electron chi connectivity index (χ1n) is 6.25. The lowest BCUT2D eigenvalue weighted by molar-refractivity contribution is 0.259. The molecule has 0 aromatic heterocycles. The third kappa shape index (κ3) is 4.43. The van der Waals surface area contributed by atoms with Crippen LogP contribution in [0.1, 0.15) is 46.5 Å². The first kappa shape index (κ1) is 12.0. The Morgan fingerprint density at radius 1 is 1.29 bits per heavy atom. The van der Waals surface area contributed by atoms with Gasteiger partial charge in [0.1, 0.15) is 0 Å². The zero-order valence-electron chi connectivity index (χ0n) is 10.1. The van der Waals surface area contributed by atoms with Gasteiger partial charge in [-0.25, -0.2) is 0 Å². The van der Waals surface area contributed by atoms with E-state index in [0.29, 0.717) is 6.04 Å². The maximum absolute atomic E-state index is 3.56. The standard InChI is InChI=1S/C12H26N2/c1-4-9-14(12-6-7-12)10-8-13-11(3)5-2/h11-13H,4-10H2,1-3H3. The molecule has 0 aromatic rings. The lowest BCUT2D eigenvalue weighted by Gasteiger charge is -2.22. The van der Waals surface area contributed by atoms with Gasteiger partial charge < -0.3 is 5.32 Å². The van der Waals surface area contributed by atoms with Gasteiger partial charge in [-0.1, -0.05) is 13.8 Å². The van der Waals surface area contributed by atoms with Gasteiger partial charge >= 0.3 is 0 Å². The smallest absolute Gasteiger partial charge is 0.0110 e. The molecule has 0 aromatic carbocycles. The minimum atomic E-state index is 0.678. The summed E-state index contributed by atoms with van der Waals surface area (Å²) in [7, 11) is 0. The van der Waals surface area contributed by atoms with Crippen molar-refractivity contribution in [3.05, 3.63) is 0 Å². The van der Waals surface area contributed by atoms with E-state index in [1.165, 1.54) is 38.8 Å². The van der Waals surface area contributed by atoms with Crippen molar-refractivity contribution in [2.75, 3.05) is 19.6 Å². The monoisotopic (exact) mass is 198 g/mol. The van der Waals surface area contributed by atoms with E-state index in [1.807, 2.05) is 0 Å². The lowest BCUT2D eigenvalue weighted by atomic mass is 10.2. The Bertz CT molecular complexity index is 143. The Labute approximate surface area is 89.1 Å². The fraction of sp³-hybridized carbons (Fsp3) is 1.00. The molecule has 1 rings (SSSR count). The molecule has 1 aliphatic rings. The highest BCUT2D eigenvalue weighted by molar-refractivity contribution is 4.84. The summed E-state index contributed by atoms with van der Waals surface area (Å²) in [5, 5.41) is 3.56. The number of rotatable bonds is 8. The molecule has 14 heavy (non-hydrogen) atoms. The van der Waals surface area contributed by atoms with E-state index in [1.54, 1.807) is 0 Å². The van der Waals surface area contributed by atoms with Crippen LogP contribution >= 0.6 is 0 Å². The second kappa shape index (κ2) is 6.41. The lowest BCUT2D eigenvalue weighted by Crippen LogP contribution is -2.37. The summed E-state index contributed by atoms with van der Waals surface area (Å²) in [6.07, 6.45) is 5.39. The Morgan fingerprint density at radius 3 is 2.50 bits per heavy atom. The van der Waals surface area contributed by atoms with Gasteiger partial charge in [0.15, 0.2) is 0 Å². The fourth-order valence-electron chi connectivity index (χ4n) is 1.80. The summed E-state index contributed by atoms with van der Waals surface area (Å²) in [6, 6.07) is 1.60. The summed E-state index contributed by atoms with van der Waals surface area (Å²) in [4.78, 5) is 2.65. The highest BCUT2D eigenvalue weighted by Gasteiger charge is 2.27. The molecule has 0 amide bonds. The first-order chi connectivity index (χ1) is 6.77. The molecular formula is C12H26N2. The molecule has 0 saturated heterocycles. The van der Waals surface area contributed by atoms with Gasteiger partial charge in [0.25, 0.3) is 0 Å². The van der Waals surface area contributed by atoms with Crippen molar-refractivity contribution in [3.8, 4) is 0 Å². The van der Waals surface area contributed by atoms with Gasteiger partial charge in [0.05, 0.1) is 0 Å². The molecular weight excluding hydrogens is 172 g/mol. The average molecular weight is 198 g/mol. The number of nitrogens with one attached hydrogen (secondary N) is 1. The van der Waals surface area contributed by atoms with Crippen molar-refractivity contribution in [2.45, 2.75) is 58.5 Å². The Morgan fingerprint density at radius 2 is 2.00 bits per heavy atom. The van der Waals surface area contributed by atoms with Crippen LogP contribution in [0.25, 0.3) is 0 Å². The van der Waals surface area contributed by atoms with Crippen molar-refractivity contribution in [1.82, 2.24) is 10.2 Å². The summed E-state index contributed by atoms with van der Waals surface area (Å²) in [5.41, 5.74) is 0. The molecule has 0 radical (unpaired) electrons. The predicted octanol–water partition coefficient (Wildman–Crippen LogP) is 2.25. The van der Waals surface area contributed by atoms with E-state index in [2.05, 4.69) is 31.0 Å². The van der Waals surface area contributed by atoms with Crippen LogP contribution in [0.5, 0.6) is 0 Å². The van der Waals surface area contributed by atoms with Crippen LogP contribution in [0.4, 0.5) is 0 Å². The SMILES string of the molecule is CCCN(CCNC(C)CC)C1CC1. The molecule has 2 heteroatoms. The van der Waals surface area contributed by atoms with E-state index in [-0.39, 0.29) is 0 Å². The molecule has 84 valence electrons. The van der Waals surface area contributed by atoms with Crippen molar-refractivity contribution in [2.24, 2.45) is 0 Å². The van der Waals surface area contributed by atoms with Crippen molar-refractivity contribution in [1.29, 1.82) is 0 Å². The topological polar surface area (TPSA) is 15.3 Å². The predicted molar refractivity (Wildman–Crippen MR) is 62.6 cm³/mol. The minimum Gasteiger partial charge on any atom is -0.313 e.